The number of ether oxygens (including phenoxy) is 1. The summed E-state index contributed by atoms with van der Waals surface area (Å²) in [5.41, 5.74) is 2.47. The van der Waals surface area contributed by atoms with Crippen molar-refractivity contribution in [3.8, 4) is 5.75 Å². The van der Waals surface area contributed by atoms with Crippen LogP contribution in [0.5, 0.6) is 5.75 Å². The van der Waals surface area contributed by atoms with Gasteiger partial charge in [-0.1, -0.05) is 32.9 Å². The zero-order valence-corrected chi connectivity index (χ0v) is 11.8. The van der Waals surface area contributed by atoms with Gasteiger partial charge in [0.15, 0.2) is 0 Å². The van der Waals surface area contributed by atoms with E-state index in [0.717, 1.165) is 11.4 Å². The fourth-order valence-corrected chi connectivity index (χ4v) is 1.58. The van der Waals surface area contributed by atoms with E-state index in [1.165, 1.54) is 5.56 Å². The van der Waals surface area contributed by atoms with Crippen molar-refractivity contribution in [2.45, 2.75) is 32.8 Å². The number of H-pyrrole nitrogens is 1. The summed E-state index contributed by atoms with van der Waals surface area (Å²) in [5.74, 6) is 0.882. The first-order valence-electron chi connectivity index (χ1n) is 5.76. The summed E-state index contributed by atoms with van der Waals surface area (Å²) in [7, 11) is 0. The molecule has 0 spiro atoms. The summed E-state index contributed by atoms with van der Waals surface area (Å²) in [6.45, 7) is 7.13. The molecule has 1 aromatic heterocycles. The van der Waals surface area contributed by atoms with Crippen LogP contribution in [0.1, 0.15) is 32.0 Å². The topological polar surface area (TPSA) is 37.9 Å². The third kappa shape index (κ3) is 3.77. The van der Waals surface area contributed by atoms with Crippen LogP contribution in [0.25, 0.3) is 0 Å². The van der Waals surface area contributed by atoms with Gasteiger partial charge in [-0.2, -0.15) is 0 Å². The van der Waals surface area contributed by atoms with Gasteiger partial charge in [-0.3, -0.25) is 0 Å². The molecule has 0 unspecified atom stereocenters. The van der Waals surface area contributed by atoms with E-state index in [0.29, 0.717) is 6.61 Å². The number of aromatic amines is 1. The van der Waals surface area contributed by atoms with Crippen LogP contribution in [0.2, 0.25) is 0 Å². The molecule has 0 amide bonds. The highest BCUT2D eigenvalue weighted by Crippen LogP contribution is 2.24. The highest BCUT2D eigenvalue weighted by molar-refractivity contribution is 5.85. The van der Waals surface area contributed by atoms with Crippen molar-refractivity contribution >= 4 is 12.4 Å². The third-order valence-electron chi connectivity index (χ3n) is 2.67. The standard InChI is InChI=1S/C14H18N2O.ClH/c1-14(2,3)11-4-6-13(7-5-11)17-9-12-8-15-10-16-12;/h4-8,10H,9H2,1-3H3,(H,15,16);1H. The van der Waals surface area contributed by atoms with Gasteiger partial charge in [0.25, 0.3) is 0 Å². The Morgan fingerprint density at radius 3 is 2.33 bits per heavy atom. The zero-order valence-electron chi connectivity index (χ0n) is 10.9. The van der Waals surface area contributed by atoms with Gasteiger partial charge in [0.1, 0.15) is 12.4 Å². The molecule has 0 bridgehead atoms. The molecule has 2 rings (SSSR count). The van der Waals surface area contributed by atoms with Crippen LogP contribution in [-0.4, -0.2) is 9.97 Å². The van der Waals surface area contributed by atoms with Crippen LogP contribution in [0.15, 0.2) is 36.8 Å². The molecular weight excluding hydrogens is 248 g/mol. The Balaban J connectivity index is 0.00000162. The number of hydrogen-bond acceptors (Lipinski definition) is 2. The van der Waals surface area contributed by atoms with E-state index in [9.17, 15) is 0 Å². The molecule has 0 radical (unpaired) electrons. The van der Waals surface area contributed by atoms with Crippen LogP contribution in [0, 0.1) is 0 Å². The van der Waals surface area contributed by atoms with E-state index in [-0.39, 0.29) is 17.8 Å². The largest absolute Gasteiger partial charge is 0.487 e. The molecule has 18 heavy (non-hydrogen) atoms. The van der Waals surface area contributed by atoms with E-state index >= 15 is 0 Å². The molecule has 0 atom stereocenters. The lowest BCUT2D eigenvalue weighted by molar-refractivity contribution is 0.301. The Morgan fingerprint density at radius 1 is 1.17 bits per heavy atom. The molecule has 4 heteroatoms. The maximum atomic E-state index is 5.65. The van der Waals surface area contributed by atoms with Crippen molar-refractivity contribution in [2.24, 2.45) is 0 Å². The molecule has 98 valence electrons. The second kappa shape index (κ2) is 5.91. The molecule has 0 saturated carbocycles. The number of benzene rings is 1. The summed E-state index contributed by atoms with van der Waals surface area (Å²) in [6.07, 6.45) is 3.42. The van der Waals surface area contributed by atoms with Gasteiger partial charge in [0, 0.05) is 0 Å². The van der Waals surface area contributed by atoms with Crippen molar-refractivity contribution in [3.05, 3.63) is 48.0 Å². The second-order valence-electron chi connectivity index (χ2n) is 5.14. The summed E-state index contributed by atoms with van der Waals surface area (Å²) < 4.78 is 5.65. The molecule has 1 aromatic carbocycles. The van der Waals surface area contributed by atoms with Gasteiger partial charge < -0.3 is 9.72 Å². The first kappa shape index (κ1) is 14.6. The first-order chi connectivity index (χ1) is 8.05. The van der Waals surface area contributed by atoms with Gasteiger partial charge in [-0.15, -0.1) is 12.4 Å². The van der Waals surface area contributed by atoms with Crippen LogP contribution < -0.4 is 4.74 Å². The van der Waals surface area contributed by atoms with E-state index < -0.39 is 0 Å². The Morgan fingerprint density at radius 2 is 1.83 bits per heavy atom. The number of halogens is 1. The Labute approximate surface area is 114 Å². The third-order valence-corrected chi connectivity index (χ3v) is 2.67. The van der Waals surface area contributed by atoms with Crippen molar-refractivity contribution in [1.82, 2.24) is 9.97 Å². The Hall–Kier alpha value is -1.48. The number of nitrogens with one attached hydrogen (secondary N) is 1. The molecule has 1 heterocycles. The minimum Gasteiger partial charge on any atom is -0.487 e. The predicted octanol–water partition coefficient (Wildman–Crippen LogP) is 3.71. The van der Waals surface area contributed by atoms with E-state index in [4.69, 9.17) is 4.74 Å². The molecule has 2 aromatic rings. The van der Waals surface area contributed by atoms with Crippen LogP contribution in [0.4, 0.5) is 0 Å². The summed E-state index contributed by atoms with van der Waals surface area (Å²) in [6, 6.07) is 8.25. The second-order valence-corrected chi connectivity index (χ2v) is 5.14. The van der Waals surface area contributed by atoms with Crippen LogP contribution >= 0.6 is 12.4 Å². The lowest BCUT2D eigenvalue weighted by atomic mass is 9.87. The van der Waals surface area contributed by atoms with Crippen molar-refractivity contribution in [2.75, 3.05) is 0 Å². The number of aromatic nitrogens is 2. The minimum atomic E-state index is 0. The average molecular weight is 267 g/mol. The van der Waals surface area contributed by atoms with E-state index in [2.05, 4.69) is 42.9 Å². The molecule has 3 nitrogen and oxygen atoms in total. The SMILES string of the molecule is CC(C)(C)c1ccc(OCc2cnc[nH]2)cc1.Cl. The quantitative estimate of drug-likeness (QED) is 0.920. The number of imidazole rings is 1. The van der Waals surface area contributed by atoms with Crippen molar-refractivity contribution in [3.63, 3.8) is 0 Å². The van der Waals surface area contributed by atoms with Gasteiger partial charge in [0.2, 0.25) is 0 Å². The van der Waals surface area contributed by atoms with Gasteiger partial charge >= 0.3 is 0 Å². The maximum absolute atomic E-state index is 5.65. The fourth-order valence-electron chi connectivity index (χ4n) is 1.58. The normalized spacial score (nSPS) is 10.8. The zero-order chi connectivity index (χ0) is 12.3. The van der Waals surface area contributed by atoms with Crippen LogP contribution in [-0.2, 0) is 12.0 Å². The lowest BCUT2D eigenvalue weighted by Gasteiger charge is -2.19. The molecule has 0 aliphatic carbocycles. The highest BCUT2D eigenvalue weighted by atomic mass is 35.5. The van der Waals surface area contributed by atoms with Crippen molar-refractivity contribution < 1.29 is 4.74 Å². The molecule has 0 fully saturated rings. The average Bonchev–Trinajstić information content (AvgIpc) is 2.78. The highest BCUT2D eigenvalue weighted by Gasteiger charge is 2.12. The minimum absolute atomic E-state index is 0. The molecule has 1 N–H and O–H groups in total. The number of nitrogens with zero attached hydrogens (tertiary/aromatic N) is 1. The van der Waals surface area contributed by atoms with Crippen LogP contribution in [0.3, 0.4) is 0 Å². The smallest absolute Gasteiger partial charge is 0.130 e. The maximum Gasteiger partial charge on any atom is 0.130 e. The fraction of sp³-hybridized carbons (Fsp3) is 0.357. The molecule has 0 aliphatic heterocycles. The van der Waals surface area contributed by atoms with E-state index in [1.54, 1.807) is 12.5 Å². The van der Waals surface area contributed by atoms with Gasteiger partial charge in [0.05, 0.1) is 18.2 Å². The Bertz CT molecular complexity index is 458. The van der Waals surface area contributed by atoms with E-state index in [1.807, 2.05) is 12.1 Å². The summed E-state index contributed by atoms with van der Waals surface area (Å²) >= 11 is 0. The Kier molecular flexibility index (Phi) is 4.79. The number of rotatable bonds is 3. The summed E-state index contributed by atoms with van der Waals surface area (Å²) in [4.78, 5) is 6.95. The number of hydrogen-bond donors (Lipinski definition) is 1. The van der Waals surface area contributed by atoms with Crippen molar-refractivity contribution in [1.29, 1.82) is 0 Å². The lowest BCUT2D eigenvalue weighted by Crippen LogP contribution is -2.10. The van der Waals surface area contributed by atoms with Gasteiger partial charge in [-0.25, -0.2) is 4.98 Å². The monoisotopic (exact) mass is 266 g/mol. The predicted molar refractivity (Wildman–Crippen MR) is 75.3 cm³/mol. The molecule has 0 saturated heterocycles. The first-order valence-corrected chi connectivity index (χ1v) is 5.76. The molecule has 0 aliphatic rings. The van der Waals surface area contributed by atoms with Gasteiger partial charge in [-0.05, 0) is 23.1 Å². The summed E-state index contributed by atoms with van der Waals surface area (Å²) in [5, 5.41) is 0. The molecular formula is C14H19ClN2O.